The van der Waals surface area contributed by atoms with Gasteiger partial charge in [-0.05, 0) is 25.0 Å². The topological polar surface area (TPSA) is 37.8 Å². The number of hydrogen-bond acceptors (Lipinski definition) is 1. The van der Waals surface area contributed by atoms with Crippen molar-refractivity contribution >= 4 is 0 Å². The minimum atomic E-state index is -0.0763. The molecule has 0 saturated carbocycles. The van der Waals surface area contributed by atoms with Crippen LogP contribution in [0, 0.1) is 6.92 Å². The average molecular weight is 216 g/mol. The third-order valence-corrected chi connectivity index (χ3v) is 2.69. The van der Waals surface area contributed by atoms with E-state index in [4.69, 9.17) is 0 Å². The summed E-state index contributed by atoms with van der Waals surface area (Å²) >= 11 is 0. The average Bonchev–Trinajstić information content (AvgIpc) is 2.62. The second-order valence-corrected chi connectivity index (χ2v) is 4.34. The second kappa shape index (κ2) is 4.00. The van der Waals surface area contributed by atoms with Crippen molar-refractivity contribution in [2.24, 2.45) is 0 Å². The lowest BCUT2D eigenvalue weighted by molar-refractivity contribution is 0.776. The molecule has 0 fully saturated rings. The van der Waals surface area contributed by atoms with Gasteiger partial charge in [-0.1, -0.05) is 31.5 Å². The molecule has 2 aromatic rings. The predicted molar refractivity (Wildman–Crippen MR) is 65.2 cm³/mol. The summed E-state index contributed by atoms with van der Waals surface area (Å²) in [5.41, 5.74) is 3.04. The van der Waals surface area contributed by atoms with Crippen LogP contribution < -0.4 is 5.69 Å². The molecule has 0 aliphatic rings. The maximum absolute atomic E-state index is 11.7. The molecule has 1 aromatic heterocycles. The van der Waals surface area contributed by atoms with Gasteiger partial charge in [0, 0.05) is 11.9 Å². The Bertz CT molecular complexity index is 532. The van der Waals surface area contributed by atoms with Crippen LogP contribution >= 0.6 is 0 Å². The normalized spacial score (nSPS) is 11.0. The Balaban J connectivity index is 2.59. The molecule has 0 amide bonds. The van der Waals surface area contributed by atoms with Crippen LogP contribution in [0.15, 0.2) is 35.3 Å². The van der Waals surface area contributed by atoms with E-state index in [1.165, 1.54) is 5.56 Å². The van der Waals surface area contributed by atoms with Crippen LogP contribution in [0.2, 0.25) is 0 Å². The summed E-state index contributed by atoms with van der Waals surface area (Å²) in [6.45, 7) is 6.19. The molecule has 0 spiro atoms. The SMILES string of the molecule is Cc1ccc(-n2c(C(C)C)c[nH]c2=O)cc1. The quantitative estimate of drug-likeness (QED) is 0.823. The molecule has 1 heterocycles. The molecule has 2 rings (SSSR count). The molecule has 0 atom stereocenters. The zero-order valence-electron chi connectivity index (χ0n) is 9.82. The van der Waals surface area contributed by atoms with Crippen LogP contribution in [-0.2, 0) is 0 Å². The van der Waals surface area contributed by atoms with E-state index in [-0.39, 0.29) is 5.69 Å². The van der Waals surface area contributed by atoms with Gasteiger partial charge in [0.2, 0.25) is 0 Å². The van der Waals surface area contributed by atoms with Crippen LogP contribution in [0.5, 0.6) is 0 Å². The highest BCUT2D eigenvalue weighted by molar-refractivity contribution is 5.36. The minimum Gasteiger partial charge on any atom is -0.312 e. The van der Waals surface area contributed by atoms with Crippen molar-refractivity contribution in [2.75, 3.05) is 0 Å². The molecule has 0 saturated heterocycles. The number of rotatable bonds is 2. The monoisotopic (exact) mass is 216 g/mol. The molecule has 3 nitrogen and oxygen atoms in total. The summed E-state index contributed by atoms with van der Waals surface area (Å²) in [6.07, 6.45) is 1.78. The van der Waals surface area contributed by atoms with Gasteiger partial charge in [0.1, 0.15) is 0 Å². The zero-order valence-corrected chi connectivity index (χ0v) is 9.82. The maximum Gasteiger partial charge on any atom is 0.330 e. The van der Waals surface area contributed by atoms with Crippen molar-refractivity contribution in [3.8, 4) is 5.69 Å². The van der Waals surface area contributed by atoms with Crippen LogP contribution in [-0.4, -0.2) is 9.55 Å². The van der Waals surface area contributed by atoms with Crippen LogP contribution in [0.1, 0.15) is 31.0 Å². The number of nitrogens with one attached hydrogen (secondary N) is 1. The van der Waals surface area contributed by atoms with E-state index in [0.717, 1.165) is 11.4 Å². The number of H-pyrrole nitrogens is 1. The number of imidazole rings is 1. The van der Waals surface area contributed by atoms with Crippen molar-refractivity contribution in [3.05, 3.63) is 52.2 Å². The van der Waals surface area contributed by atoms with Gasteiger partial charge in [-0.15, -0.1) is 0 Å². The summed E-state index contributed by atoms with van der Waals surface area (Å²) < 4.78 is 1.73. The van der Waals surface area contributed by atoms with Gasteiger partial charge in [0.05, 0.1) is 5.69 Å². The van der Waals surface area contributed by atoms with E-state index >= 15 is 0 Å². The van der Waals surface area contributed by atoms with Gasteiger partial charge < -0.3 is 4.98 Å². The number of aromatic nitrogens is 2. The Hall–Kier alpha value is -1.77. The van der Waals surface area contributed by atoms with Crippen LogP contribution in [0.4, 0.5) is 0 Å². The number of aryl methyl sites for hydroxylation is 1. The fourth-order valence-electron chi connectivity index (χ4n) is 1.77. The van der Waals surface area contributed by atoms with Gasteiger partial charge >= 0.3 is 5.69 Å². The second-order valence-electron chi connectivity index (χ2n) is 4.34. The van der Waals surface area contributed by atoms with E-state index < -0.39 is 0 Å². The fraction of sp³-hybridized carbons (Fsp3) is 0.308. The van der Waals surface area contributed by atoms with E-state index in [2.05, 4.69) is 18.8 Å². The van der Waals surface area contributed by atoms with E-state index in [1.54, 1.807) is 10.8 Å². The summed E-state index contributed by atoms with van der Waals surface area (Å²) in [4.78, 5) is 14.5. The Morgan fingerprint density at radius 2 is 1.81 bits per heavy atom. The lowest BCUT2D eigenvalue weighted by Gasteiger charge is -2.09. The standard InChI is InChI=1S/C13H16N2O/c1-9(2)12-8-14-13(16)15(12)11-6-4-10(3)5-7-11/h4-9H,1-3H3,(H,14,16). The fourth-order valence-corrected chi connectivity index (χ4v) is 1.77. The van der Waals surface area contributed by atoms with Crippen LogP contribution in [0.3, 0.4) is 0 Å². The molecule has 16 heavy (non-hydrogen) atoms. The number of hydrogen-bond donors (Lipinski definition) is 1. The van der Waals surface area contributed by atoms with E-state index in [9.17, 15) is 4.79 Å². The summed E-state index contributed by atoms with van der Waals surface area (Å²) in [5.74, 6) is 0.320. The number of benzene rings is 1. The van der Waals surface area contributed by atoms with Crippen molar-refractivity contribution in [1.29, 1.82) is 0 Å². The number of aromatic amines is 1. The van der Waals surface area contributed by atoms with Crippen LogP contribution in [0.25, 0.3) is 5.69 Å². The molecule has 0 aliphatic heterocycles. The van der Waals surface area contributed by atoms with Gasteiger partial charge in [0.25, 0.3) is 0 Å². The first-order valence-electron chi connectivity index (χ1n) is 5.47. The molecule has 0 unspecified atom stereocenters. The van der Waals surface area contributed by atoms with E-state index in [0.29, 0.717) is 5.92 Å². The summed E-state index contributed by atoms with van der Waals surface area (Å²) in [7, 11) is 0. The Morgan fingerprint density at radius 3 is 2.38 bits per heavy atom. The Labute approximate surface area is 94.7 Å². The van der Waals surface area contributed by atoms with Gasteiger partial charge in [-0.2, -0.15) is 0 Å². The molecule has 0 aliphatic carbocycles. The molecular weight excluding hydrogens is 200 g/mol. The first-order chi connectivity index (χ1) is 7.59. The Morgan fingerprint density at radius 1 is 1.19 bits per heavy atom. The highest BCUT2D eigenvalue weighted by atomic mass is 16.1. The van der Waals surface area contributed by atoms with Crippen molar-refractivity contribution < 1.29 is 0 Å². The van der Waals surface area contributed by atoms with Crippen molar-refractivity contribution in [2.45, 2.75) is 26.7 Å². The lowest BCUT2D eigenvalue weighted by atomic mass is 10.1. The predicted octanol–water partition coefficient (Wildman–Crippen LogP) is 2.60. The highest BCUT2D eigenvalue weighted by Crippen LogP contribution is 2.16. The smallest absolute Gasteiger partial charge is 0.312 e. The molecule has 84 valence electrons. The van der Waals surface area contributed by atoms with Gasteiger partial charge in [0.15, 0.2) is 0 Å². The molecule has 1 aromatic carbocycles. The Kier molecular flexibility index (Phi) is 2.69. The largest absolute Gasteiger partial charge is 0.330 e. The highest BCUT2D eigenvalue weighted by Gasteiger charge is 2.10. The lowest BCUT2D eigenvalue weighted by Crippen LogP contribution is -2.17. The summed E-state index contributed by atoms with van der Waals surface area (Å²) in [6, 6.07) is 7.96. The molecule has 3 heteroatoms. The van der Waals surface area contributed by atoms with Crippen molar-refractivity contribution in [3.63, 3.8) is 0 Å². The van der Waals surface area contributed by atoms with Crippen molar-refractivity contribution in [1.82, 2.24) is 9.55 Å². The molecule has 0 bridgehead atoms. The first kappa shape index (κ1) is 10.7. The van der Waals surface area contributed by atoms with E-state index in [1.807, 2.05) is 31.2 Å². The maximum atomic E-state index is 11.7. The molecular formula is C13H16N2O. The van der Waals surface area contributed by atoms with Gasteiger partial charge in [-0.25, -0.2) is 4.79 Å². The van der Waals surface area contributed by atoms with Gasteiger partial charge in [-0.3, -0.25) is 4.57 Å². The zero-order chi connectivity index (χ0) is 11.7. The third-order valence-electron chi connectivity index (χ3n) is 2.69. The molecule has 0 radical (unpaired) electrons. The minimum absolute atomic E-state index is 0.0763. The first-order valence-corrected chi connectivity index (χ1v) is 5.47. The third kappa shape index (κ3) is 1.81. The summed E-state index contributed by atoms with van der Waals surface area (Å²) in [5, 5.41) is 0. The number of nitrogens with zero attached hydrogens (tertiary/aromatic N) is 1. The molecule has 1 N–H and O–H groups in total.